The molecule has 4 nitrogen and oxygen atoms in total. The van der Waals surface area contributed by atoms with E-state index in [1.54, 1.807) is 12.3 Å². The quantitative estimate of drug-likeness (QED) is 0.589. The number of hydrogen-bond donors (Lipinski definition) is 1. The minimum Gasteiger partial charge on any atom is -0.345 e. The van der Waals surface area contributed by atoms with Crippen molar-refractivity contribution >= 4 is 44.9 Å². The van der Waals surface area contributed by atoms with Gasteiger partial charge in [-0.1, -0.05) is 29.3 Å². The molecule has 1 atom stereocenters. The summed E-state index contributed by atoms with van der Waals surface area (Å²) in [5.74, 6) is 0.724. The first-order valence-corrected chi connectivity index (χ1v) is 8.85. The molecule has 3 rings (SSSR count). The molecule has 7 heteroatoms. The minimum atomic E-state index is -0.294. The molecule has 0 spiro atoms. The van der Waals surface area contributed by atoms with Crippen LogP contribution in [0.3, 0.4) is 0 Å². The summed E-state index contributed by atoms with van der Waals surface area (Å²) in [7, 11) is 0. The number of anilines is 1. The zero-order valence-electron chi connectivity index (χ0n) is 13.1. The van der Waals surface area contributed by atoms with Crippen molar-refractivity contribution in [3.8, 4) is 0 Å². The molecule has 2 heterocycles. The molecular weight excluding hydrogens is 411 g/mol. The highest BCUT2D eigenvalue weighted by molar-refractivity contribution is 9.10. The molecule has 2 aromatic heterocycles. The van der Waals surface area contributed by atoms with Crippen LogP contribution in [-0.4, -0.2) is 14.8 Å². The van der Waals surface area contributed by atoms with Crippen molar-refractivity contribution in [2.75, 3.05) is 5.32 Å². The second-order valence-electron chi connectivity index (χ2n) is 5.45. The summed E-state index contributed by atoms with van der Waals surface area (Å²) in [5, 5.41) is 9.15. The maximum Gasteiger partial charge on any atom is 0.149 e. The van der Waals surface area contributed by atoms with Crippen LogP contribution in [0.2, 0.25) is 10.0 Å². The van der Waals surface area contributed by atoms with Crippen LogP contribution in [-0.2, 0) is 0 Å². The van der Waals surface area contributed by atoms with Gasteiger partial charge in [-0.15, -0.1) is 0 Å². The Hall–Kier alpha value is -1.56. The van der Waals surface area contributed by atoms with Gasteiger partial charge in [0.1, 0.15) is 12.0 Å². The third-order valence-corrected chi connectivity index (χ3v) is 4.59. The highest BCUT2D eigenvalue weighted by Gasteiger charge is 2.20. The van der Waals surface area contributed by atoms with E-state index in [-0.39, 0.29) is 6.17 Å². The number of nitrogens with zero attached hydrogens (tertiary/aromatic N) is 3. The van der Waals surface area contributed by atoms with Gasteiger partial charge in [0, 0.05) is 32.0 Å². The van der Waals surface area contributed by atoms with Crippen molar-refractivity contribution in [2.24, 2.45) is 0 Å². The van der Waals surface area contributed by atoms with Gasteiger partial charge in [0.2, 0.25) is 0 Å². The lowest BCUT2D eigenvalue weighted by Crippen LogP contribution is -2.23. The molecule has 0 aliphatic rings. The zero-order valence-corrected chi connectivity index (χ0v) is 16.2. The first kappa shape index (κ1) is 17.3. The molecule has 1 aromatic carbocycles. The van der Waals surface area contributed by atoms with E-state index in [4.69, 9.17) is 23.2 Å². The van der Waals surface area contributed by atoms with Crippen molar-refractivity contribution < 1.29 is 0 Å². The fourth-order valence-electron chi connectivity index (χ4n) is 2.50. The van der Waals surface area contributed by atoms with Crippen molar-refractivity contribution in [3.05, 3.63) is 74.1 Å². The number of rotatable bonds is 4. The second-order valence-corrected chi connectivity index (χ2v) is 7.21. The fourth-order valence-corrected chi connectivity index (χ4v) is 3.25. The number of halogens is 3. The lowest BCUT2D eigenvalue weighted by atomic mass is 10.1. The standard InChI is InChI=1S/C17H15BrCl2N4/c1-10-7-11(2)24(23-10)17(14-5-4-13(19)8-15(14)20)22-16-6-3-12(18)9-21-16/h3-9,17H,1-2H3,(H,21,22). The summed E-state index contributed by atoms with van der Waals surface area (Å²) in [5.41, 5.74) is 2.83. The van der Waals surface area contributed by atoms with Crippen LogP contribution >= 0.6 is 39.1 Å². The van der Waals surface area contributed by atoms with Crippen LogP contribution < -0.4 is 5.32 Å². The van der Waals surface area contributed by atoms with Gasteiger partial charge in [-0.3, -0.25) is 0 Å². The minimum absolute atomic E-state index is 0.294. The Morgan fingerprint density at radius 1 is 1.12 bits per heavy atom. The Morgan fingerprint density at radius 2 is 1.92 bits per heavy atom. The lowest BCUT2D eigenvalue weighted by molar-refractivity contribution is 0.556. The van der Waals surface area contributed by atoms with Crippen molar-refractivity contribution in [1.29, 1.82) is 0 Å². The fraction of sp³-hybridized carbons (Fsp3) is 0.176. The molecule has 0 saturated carbocycles. The maximum absolute atomic E-state index is 6.43. The van der Waals surface area contributed by atoms with Gasteiger partial charge >= 0.3 is 0 Å². The molecule has 24 heavy (non-hydrogen) atoms. The van der Waals surface area contributed by atoms with Crippen molar-refractivity contribution in [1.82, 2.24) is 14.8 Å². The average molecular weight is 426 g/mol. The van der Waals surface area contributed by atoms with Gasteiger partial charge in [0.15, 0.2) is 0 Å². The second kappa shape index (κ2) is 7.13. The summed E-state index contributed by atoms with van der Waals surface area (Å²) >= 11 is 15.9. The zero-order chi connectivity index (χ0) is 17.3. The molecule has 1 N–H and O–H groups in total. The number of benzene rings is 1. The SMILES string of the molecule is Cc1cc(C)n(C(Nc2ccc(Br)cn2)c2ccc(Cl)cc2Cl)n1. The van der Waals surface area contributed by atoms with Gasteiger partial charge < -0.3 is 5.32 Å². The van der Waals surface area contributed by atoms with E-state index < -0.39 is 0 Å². The third kappa shape index (κ3) is 3.74. The number of nitrogens with one attached hydrogen (secondary N) is 1. The summed E-state index contributed by atoms with van der Waals surface area (Å²) in [6.07, 6.45) is 1.45. The van der Waals surface area contributed by atoms with Crippen LogP contribution in [0.15, 0.2) is 47.1 Å². The molecule has 0 bridgehead atoms. The topological polar surface area (TPSA) is 42.7 Å². The molecule has 0 aliphatic heterocycles. The van der Waals surface area contributed by atoms with Gasteiger partial charge in [-0.2, -0.15) is 5.10 Å². The number of hydrogen-bond acceptors (Lipinski definition) is 3. The summed E-state index contributed by atoms with van der Waals surface area (Å²) in [4.78, 5) is 4.38. The Labute approximate surface area is 158 Å². The van der Waals surface area contributed by atoms with E-state index in [0.29, 0.717) is 10.0 Å². The summed E-state index contributed by atoms with van der Waals surface area (Å²) in [6.45, 7) is 3.97. The normalized spacial score (nSPS) is 12.2. The highest BCUT2D eigenvalue weighted by atomic mass is 79.9. The first-order valence-electron chi connectivity index (χ1n) is 7.30. The number of aryl methyl sites for hydroxylation is 2. The molecular formula is C17H15BrCl2N4. The molecule has 0 radical (unpaired) electrons. The highest BCUT2D eigenvalue weighted by Crippen LogP contribution is 2.30. The Kier molecular flexibility index (Phi) is 5.13. The van der Waals surface area contributed by atoms with Gasteiger partial charge in [-0.05, 0) is 60.1 Å². The van der Waals surface area contributed by atoms with Crippen LogP contribution in [0.5, 0.6) is 0 Å². The molecule has 0 amide bonds. The largest absolute Gasteiger partial charge is 0.345 e. The van der Waals surface area contributed by atoms with Crippen LogP contribution in [0.4, 0.5) is 5.82 Å². The van der Waals surface area contributed by atoms with E-state index in [2.05, 4.69) is 31.3 Å². The molecule has 124 valence electrons. The predicted octanol–water partition coefficient (Wildman–Crippen LogP) is 5.62. The molecule has 0 saturated heterocycles. The van der Waals surface area contributed by atoms with Gasteiger partial charge in [0.05, 0.1) is 5.69 Å². The van der Waals surface area contributed by atoms with Crippen LogP contribution in [0, 0.1) is 13.8 Å². The van der Waals surface area contributed by atoms with Gasteiger partial charge in [-0.25, -0.2) is 9.67 Å². The smallest absolute Gasteiger partial charge is 0.149 e. The predicted molar refractivity (Wildman–Crippen MR) is 102 cm³/mol. The average Bonchev–Trinajstić information content (AvgIpc) is 2.86. The van der Waals surface area contributed by atoms with Crippen molar-refractivity contribution in [3.63, 3.8) is 0 Å². The van der Waals surface area contributed by atoms with E-state index in [9.17, 15) is 0 Å². The molecule has 0 aliphatic carbocycles. The number of aromatic nitrogens is 3. The first-order chi connectivity index (χ1) is 11.4. The van der Waals surface area contributed by atoms with E-state index in [1.807, 2.05) is 48.9 Å². The lowest BCUT2D eigenvalue weighted by Gasteiger charge is -2.23. The Balaban J connectivity index is 2.06. The summed E-state index contributed by atoms with van der Waals surface area (Å²) < 4.78 is 2.81. The third-order valence-electron chi connectivity index (χ3n) is 3.56. The van der Waals surface area contributed by atoms with Crippen LogP contribution in [0.1, 0.15) is 23.1 Å². The van der Waals surface area contributed by atoms with E-state index in [0.717, 1.165) is 27.2 Å². The molecule has 3 aromatic rings. The number of pyridine rings is 1. The molecule has 0 fully saturated rings. The Bertz CT molecular complexity index is 862. The summed E-state index contributed by atoms with van der Waals surface area (Å²) in [6, 6.07) is 11.3. The monoisotopic (exact) mass is 424 g/mol. The van der Waals surface area contributed by atoms with Gasteiger partial charge in [0.25, 0.3) is 0 Å². The van der Waals surface area contributed by atoms with E-state index in [1.165, 1.54) is 0 Å². The van der Waals surface area contributed by atoms with E-state index >= 15 is 0 Å². The molecule has 1 unspecified atom stereocenters. The van der Waals surface area contributed by atoms with Crippen LogP contribution in [0.25, 0.3) is 0 Å². The Morgan fingerprint density at radius 3 is 2.50 bits per heavy atom. The van der Waals surface area contributed by atoms with Crippen molar-refractivity contribution in [2.45, 2.75) is 20.0 Å². The maximum atomic E-state index is 6.43.